The first kappa shape index (κ1) is 40.1. The van der Waals surface area contributed by atoms with E-state index in [0.717, 1.165) is 72.2 Å². The molecule has 8 rings (SSSR count). The third-order valence-corrected chi connectivity index (χ3v) is 12.3. The van der Waals surface area contributed by atoms with Crippen LogP contribution in [0.15, 0.2) is 108 Å². The minimum Gasteiger partial charge on any atom is -0.486 e. The van der Waals surface area contributed by atoms with E-state index in [2.05, 4.69) is 131 Å². The molecule has 4 aromatic carbocycles. The van der Waals surface area contributed by atoms with E-state index >= 15 is 0 Å². The van der Waals surface area contributed by atoms with E-state index in [1.807, 2.05) is 75.5 Å². The first-order valence-corrected chi connectivity index (χ1v) is 23.5. The molecule has 0 saturated carbocycles. The van der Waals surface area contributed by atoms with Crippen molar-refractivity contribution in [2.24, 2.45) is 5.92 Å². The maximum atomic E-state index is 8.69. The fourth-order valence-electron chi connectivity index (χ4n) is 7.16. The van der Waals surface area contributed by atoms with Crippen LogP contribution >= 0.6 is 0 Å². The van der Waals surface area contributed by atoms with E-state index in [1.54, 1.807) is 0 Å². The molecule has 0 N–H and O–H groups in total. The molecule has 0 atom stereocenters. The predicted octanol–water partition coefficient (Wildman–Crippen LogP) is 13.0. The zero-order valence-corrected chi connectivity index (χ0v) is 39.3. The molecule has 0 bridgehead atoms. The summed E-state index contributed by atoms with van der Waals surface area (Å²) in [6.45, 7) is 25.9. The molecule has 301 valence electrons. The SMILES string of the molecule is Cc1ccc2c(n1)oc1c(-c3nc4ccccc4n3-c3ccc(C(C)(C)C)cc3)[c-]ccc12.[2H]C([2H])(c1cc(-c2[c-]ccc(C(C)(C)C)c2)ncc1[Si](C)(C)C)C(C)C.[Ir]. The molecule has 4 aromatic heterocycles. The van der Waals surface area contributed by atoms with Crippen LogP contribution in [0.3, 0.4) is 0 Å². The van der Waals surface area contributed by atoms with Gasteiger partial charge in [0.05, 0.1) is 30.5 Å². The van der Waals surface area contributed by atoms with Crippen molar-refractivity contribution in [3.8, 4) is 28.3 Å². The van der Waals surface area contributed by atoms with Gasteiger partial charge in [-0.05, 0) is 82.9 Å². The topological polar surface area (TPSA) is 56.7 Å². The minimum absolute atomic E-state index is 0. The molecule has 1 radical (unpaired) electrons. The number of para-hydroxylation sites is 2. The Kier molecular flexibility index (Phi) is 11.4. The minimum atomic E-state index is -1.71. The van der Waals surface area contributed by atoms with E-state index in [0.29, 0.717) is 5.71 Å². The Labute approximate surface area is 362 Å². The van der Waals surface area contributed by atoms with Gasteiger partial charge >= 0.3 is 0 Å². The molecule has 0 amide bonds. The second-order valence-electron chi connectivity index (χ2n) is 18.5. The summed E-state index contributed by atoms with van der Waals surface area (Å²) < 4.78 is 25.9. The predicted molar refractivity (Wildman–Crippen MR) is 243 cm³/mol. The average Bonchev–Trinajstić information content (AvgIpc) is 3.75. The molecule has 5 nitrogen and oxygen atoms in total. The van der Waals surface area contributed by atoms with Gasteiger partial charge in [0.2, 0.25) is 5.71 Å². The number of hydrogen-bond donors (Lipinski definition) is 0. The number of hydrogen-bond acceptors (Lipinski definition) is 4. The Hall–Kier alpha value is -4.68. The van der Waals surface area contributed by atoms with E-state index < -0.39 is 14.4 Å². The van der Waals surface area contributed by atoms with E-state index in [9.17, 15) is 0 Å². The third kappa shape index (κ3) is 8.97. The average molecular weight is 963 g/mol. The molecule has 7 heteroatoms. The van der Waals surface area contributed by atoms with Crippen LogP contribution in [0.5, 0.6) is 0 Å². The Balaban J connectivity index is 0.000000204. The number of rotatable bonds is 6. The first-order valence-electron chi connectivity index (χ1n) is 21.0. The van der Waals surface area contributed by atoms with Gasteiger partial charge in [-0.15, -0.1) is 53.6 Å². The van der Waals surface area contributed by atoms with Crippen molar-refractivity contribution in [3.63, 3.8) is 0 Å². The molecule has 0 aliphatic heterocycles. The van der Waals surface area contributed by atoms with Gasteiger partial charge in [-0.3, -0.25) is 4.98 Å². The molecule has 0 aliphatic rings. The molecular weight excluding hydrogens is 905 g/mol. The van der Waals surface area contributed by atoms with Gasteiger partial charge < -0.3 is 14.0 Å². The fraction of sp³-hybridized carbons (Fsp3) is 0.314. The number of nitrogens with zero attached hydrogens (tertiary/aromatic N) is 4. The number of fused-ring (bicyclic) bond motifs is 4. The van der Waals surface area contributed by atoms with Crippen LogP contribution < -0.4 is 5.19 Å². The van der Waals surface area contributed by atoms with Gasteiger partial charge in [0.1, 0.15) is 0 Å². The maximum Gasteiger partial charge on any atom is 0.216 e. The van der Waals surface area contributed by atoms with Gasteiger partial charge in [-0.1, -0.05) is 122 Å². The molecule has 0 aliphatic carbocycles. The zero-order chi connectivity index (χ0) is 42.7. The van der Waals surface area contributed by atoms with E-state index in [1.165, 1.54) is 11.1 Å². The Morgan fingerprint density at radius 2 is 1.48 bits per heavy atom. The number of benzene rings is 4. The Bertz CT molecular complexity index is 2800. The largest absolute Gasteiger partial charge is 0.486 e. The Morgan fingerprint density at radius 3 is 2.16 bits per heavy atom. The summed E-state index contributed by atoms with van der Waals surface area (Å²) in [6, 6.07) is 39.8. The van der Waals surface area contributed by atoms with E-state index in [-0.39, 0.29) is 36.9 Å². The second-order valence-corrected chi connectivity index (χ2v) is 23.5. The third-order valence-electron chi connectivity index (χ3n) is 10.3. The quantitative estimate of drug-likeness (QED) is 0.123. The van der Waals surface area contributed by atoms with Crippen LogP contribution in [0.25, 0.3) is 61.4 Å². The van der Waals surface area contributed by atoms with Crippen LogP contribution in [-0.4, -0.2) is 27.6 Å². The van der Waals surface area contributed by atoms with Crippen LogP contribution in [0.2, 0.25) is 19.6 Å². The monoisotopic (exact) mass is 963 g/mol. The smallest absolute Gasteiger partial charge is 0.216 e. The summed E-state index contributed by atoms with van der Waals surface area (Å²) in [5.74, 6) is 0.707. The summed E-state index contributed by atoms with van der Waals surface area (Å²) in [5.41, 5.74) is 11.4. The van der Waals surface area contributed by atoms with Crippen LogP contribution in [0, 0.1) is 25.0 Å². The zero-order valence-electron chi connectivity index (χ0n) is 37.9. The number of pyridine rings is 2. The Morgan fingerprint density at radius 1 is 0.793 bits per heavy atom. The molecule has 0 unspecified atom stereocenters. The van der Waals surface area contributed by atoms with Crippen molar-refractivity contribution in [1.29, 1.82) is 0 Å². The summed E-state index contributed by atoms with van der Waals surface area (Å²) in [6.07, 6.45) is 0.531. The van der Waals surface area contributed by atoms with Crippen LogP contribution in [-0.2, 0) is 37.3 Å². The van der Waals surface area contributed by atoms with Crippen LogP contribution in [0.4, 0.5) is 0 Å². The van der Waals surface area contributed by atoms with Crippen molar-refractivity contribution in [1.82, 2.24) is 19.5 Å². The maximum absolute atomic E-state index is 8.69. The normalized spacial score (nSPS) is 13.0. The number of imidazole rings is 1. The number of aryl methyl sites for hydroxylation is 1. The molecule has 0 fully saturated rings. The molecule has 8 aromatic rings. The van der Waals surface area contributed by atoms with Crippen molar-refractivity contribution in [2.75, 3.05) is 0 Å². The fourth-order valence-corrected chi connectivity index (χ4v) is 8.56. The van der Waals surface area contributed by atoms with Gasteiger partial charge in [-0.25, -0.2) is 4.98 Å². The summed E-state index contributed by atoms with van der Waals surface area (Å²) in [7, 11) is -1.71. The van der Waals surface area contributed by atoms with Gasteiger partial charge in [-0.2, -0.15) is 0 Å². The van der Waals surface area contributed by atoms with Gasteiger partial charge in [0, 0.05) is 45.8 Å². The summed E-state index contributed by atoms with van der Waals surface area (Å²) in [5, 5.41) is 3.13. The number of furan rings is 1. The van der Waals surface area contributed by atoms with E-state index in [4.69, 9.17) is 17.1 Å². The molecule has 0 spiro atoms. The van der Waals surface area contributed by atoms with Crippen molar-refractivity contribution in [2.45, 2.75) is 99.2 Å². The molecular formula is C51H56IrN4OSi-2. The molecule has 4 heterocycles. The van der Waals surface area contributed by atoms with Gasteiger partial charge in [0.15, 0.2) is 0 Å². The van der Waals surface area contributed by atoms with Gasteiger partial charge in [0.25, 0.3) is 0 Å². The molecule has 0 saturated heterocycles. The van der Waals surface area contributed by atoms with Crippen molar-refractivity contribution in [3.05, 3.63) is 138 Å². The number of aromatic nitrogens is 4. The summed E-state index contributed by atoms with van der Waals surface area (Å²) in [4.78, 5) is 14.3. The second kappa shape index (κ2) is 16.5. The first-order chi connectivity index (χ1) is 27.6. The van der Waals surface area contributed by atoms with Crippen molar-refractivity contribution >= 4 is 46.4 Å². The van der Waals surface area contributed by atoms with Crippen molar-refractivity contribution < 1.29 is 27.3 Å². The van der Waals surface area contributed by atoms with Crippen LogP contribution in [0.1, 0.15) is 80.5 Å². The molecule has 58 heavy (non-hydrogen) atoms. The summed E-state index contributed by atoms with van der Waals surface area (Å²) >= 11 is 0. The standard InChI is InChI=1S/C29H24N3O.C22H32NSi.Ir/c1-18-12-17-22-21-8-7-9-23(26(21)33-28(22)30-18)27-31-24-10-5-6-11-25(24)32(27)20-15-13-19(14-16-20)29(2,3)4;1-16(2)12-18-14-20(23-15-21(18)24(6,7)8)17-10-9-11-19(13-17)22(3,4)5;/h5-8,10-17H,1-4H3;9,11,13-16H,12H2,1-8H3;/q2*-1;/i;12D2;.